The zero-order valence-corrected chi connectivity index (χ0v) is 13.7. The summed E-state index contributed by atoms with van der Waals surface area (Å²) in [6.07, 6.45) is 6.19. The molecular weight excluding hydrogens is 278 g/mol. The fourth-order valence-corrected chi connectivity index (χ4v) is 3.84. The number of anilines is 1. The van der Waals surface area contributed by atoms with Crippen molar-refractivity contribution in [2.45, 2.75) is 39.0 Å². The van der Waals surface area contributed by atoms with Crippen LogP contribution in [0.25, 0.3) is 32.3 Å². The highest BCUT2D eigenvalue weighted by Crippen LogP contribution is 2.38. The Bertz CT molecular complexity index is 952. The molecule has 0 saturated carbocycles. The number of aryl methyl sites for hydroxylation is 1. The largest absolute Gasteiger partial charge is 0.398 e. The first-order chi connectivity index (χ1) is 11.3. The van der Waals surface area contributed by atoms with Crippen LogP contribution in [0, 0.1) is 0 Å². The normalized spacial score (nSPS) is 11.9. The molecule has 4 aromatic carbocycles. The van der Waals surface area contributed by atoms with E-state index in [1.54, 1.807) is 0 Å². The van der Waals surface area contributed by atoms with Gasteiger partial charge in [0.25, 0.3) is 0 Å². The molecule has 0 unspecified atom stereocenters. The molecule has 0 atom stereocenters. The van der Waals surface area contributed by atoms with E-state index in [2.05, 4.69) is 55.5 Å². The monoisotopic (exact) mass is 301 g/mol. The molecule has 0 radical (unpaired) electrons. The molecule has 0 aromatic heterocycles. The summed E-state index contributed by atoms with van der Waals surface area (Å²) in [4.78, 5) is 0. The molecule has 0 aliphatic heterocycles. The number of benzene rings is 4. The third-order valence-electron chi connectivity index (χ3n) is 5.07. The predicted molar refractivity (Wildman–Crippen MR) is 102 cm³/mol. The molecule has 4 aromatic rings. The van der Waals surface area contributed by atoms with Crippen LogP contribution in [0.3, 0.4) is 0 Å². The molecule has 0 amide bonds. The highest BCUT2D eigenvalue weighted by atomic mass is 14.6. The maximum absolute atomic E-state index is 6.54. The zero-order valence-electron chi connectivity index (χ0n) is 13.7. The lowest BCUT2D eigenvalue weighted by Gasteiger charge is -2.15. The van der Waals surface area contributed by atoms with Crippen LogP contribution in [0.4, 0.5) is 5.69 Å². The van der Waals surface area contributed by atoms with Crippen LogP contribution in [0.2, 0.25) is 0 Å². The van der Waals surface area contributed by atoms with Crippen molar-refractivity contribution in [3.63, 3.8) is 0 Å². The average Bonchev–Trinajstić information content (AvgIpc) is 2.59. The summed E-state index contributed by atoms with van der Waals surface area (Å²) < 4.78 is 0. The Balaban J connectivity index is 1.90. The second-order valence-corrected chi connectivity index (χ2v) is 6.62. The summed E-state index contributed by atoms with van der Waals surface area (Å²) >= 11 is 0. The Morgan fingerprint density at radius 3 is 2.30 bits per heavy atom. The van der Waals surface area contributed by atoms with Crippen LogP contribution in [0.5, 0.6) is 0 Å². The molecule has 116 valence electrons. The first kappa shape index (κ1) is 14.3. The summed E-state index contributed by atoms with van der Waals surface area (Å²) in [6, 6.07) is 17.7. The molecule has 1 heteroatoms. The third-order valence-corrected chi connectivity index (χ3v) is 5.07. The Kier molecular flexibility index (Phi) is 3.57. The van der Waals surface area contributed by atoms with Gasteiger partial charge >= 0.3 is 0 Å². The van der Waals surface area contributed by atoms with Gasteiger partial charge in [0.15, 0.2) is 0 Å². The van der Waals surface area contributed by atoms with Crippen molar-refractivity contribution in [3.05, 3.63) is 54.1 Å². The van der Waals surface area contributed by atoms with Crippen LogP contribution >= 0.6 is 0 Å². The Hall–Kier alpha value is -2.28. The lowest BCUT2D eigenvalue weighted by molar-refractivity contribution is 0.668. The molecule has 1 nitrogen and oxygen atoms in total. The van der Waals surface area contributed by atoms with Gasteiger partial charge in [-0.25, -0.2) is 0 Å². The van der Waals surface area contributed by atoms with Crippen molar-refractivity contribution >= 4 is 38.0 Å². The summed E-state index contributed by atoms with van der Waals surface area (Å²) in [5, 5.41) is 7.83. The quantitative estimate of drug-likeness (QED) is 0.262. The maximum Gasteiger partial charge on any atom is 0.0426 e. The van der Waals surface area contributed by atoms with Crippen LogP contribution in [-0.2, 0) is 6.42 Å². The molecule has 23 heavy (non-hydrogen) atoms. The number of nitrogen functional groups attached to an aromatic ring is 1. The van der Waals surface area contributed by atoms with Crippen LogP contribution in [0.15, 0.2) is 48.5 Å². The number of nitrogens with two attached hydrogens (primary N) is 1. The summed E-state index contributed by atoms with van der Waals surface area (Å²) in [5.41, 5.74) is 8.83. The van der Waals surface area contributed by atoms with Gasteiger partial charge in [-0.15, -0.1) is 0 Å². The van der Waals surface area contributed by atoms with Crippen molar-refractivity contribution < 1.29 is 0 Å². The third kappa shape index (κ3) is 2.31. The average molecular weight is 301 g/mol. The fraction of sp³-hybridized carbons (Fsp3) is 0.273. The number of hydrogen-bond acceptors (Lipinski definition) is 1. The first-order valence-electron chi connectivity index (χ1n) is 8.74. The van der Waals surface area contributed by atoms with Gasteiger partial charge in [0.2, 0.25) is 0 Å². The second-order valence-electron chi connectivity index (χ2n) is 6.62. The Morgan fingerprint density at radius 2 is 1.52 bits per heavy atom. The minimum Gasteiger partial charge on any atom is -0.398 e. The predicted octanol–water partition coefficient (Wildman–Crippen LogP) is 6.29. The molecule has 4 rings (SSSR count). The van der Waals surface area contributed by atoms with Gasteiger partial charge in [0.1, 0.15) is 0 Å². The molecule has 0 saturated heterocycles. The van der Waals surface area contributed by atoms with E-state index in [1.807, 2.05) is 0 Å². The van der Waals surface area contributed by atoms with Gasteiger partial charge in [-0.3, -0.25) is 0 Å². The van der Waals surface area contributed by atoms with E-state index in [4.69, 9.17) is 5.73 Å². The second kappa shape index (κ2) is 5.73. The first-order valence-corrected chi connectivity index (χ1v) is 8.74. The van der Waals surface area contributed by atoms with E-state index in [-0.39, 0.29) is 0 Å². The Labute approximate surface area is 137 Å². The SMILES string of the molecule is CCCCCCc1cc2ccc3cccc4ccc(c1N)c2c34. The summed E-state index contributed by atoms with van der Waals surface area (Å²) in [7, 11) is 0. The van der Waals surface area contributed by atoms with E-state index in [1.165, 1.54) is 63.6 Å². The minimum atomic E-state index is 0.979. The number of hydrogen-bond donors (Lipinski definition) is 1. The van der Waals surface area contributed by atoms with Gasteiger partial charge in [-0.2, -0.15) is 0 Å². The molecule has 0 aliphatic rings. The lowest BCUT2D eigenvalue weighted by Crippen LogP contribution is -1.98. The molecule has 0 heterocycles. The highest BCUT2D eigenvalue weighted by molar-refractivity contribution is 6.25. The van der Waals surface area contributed by atoms with E-state index >= 15 is 0 Å². The van der Waals surface area contributed by atoms with Gasteiger partial charge in [-0.1, -0.05) is 68.7 Å². The highest BCUT2D eigenvalue weighted by Gasteiger charge is 2.12. The van der Waals surface area contributed by atoms with E-state index in [9.17, 15) is 0 Å². The van der Waals surface area contributed by atoms with Gasteiger partial charge in [0, 0.05) is 11.1 Å². The fourth-order valence-electron chi connectivity index (χ4n) is 3.84. The van der Waals surface area contributed by atoms with Crippen molar-refractivity contribution in [3.8, 4) is 0 Å². The van der Waals surface area contributed by atoms with Crippen molar-refractivity contribution in [1.29, 1.82) is 0 Å². The smallest absolute Gasteiger partial charge is 0.0426 e. The molecular formula is C22H23N. The Morgan fingerprint density at radius 1 is 0.783 bits per heavy atom. The summed E-state index contributed by atoms with van der Waals surface area (Å²) in [6.45, 7) is 2.25. The van der Waals surface area contributed by atoms with Crippen molar-refractivity contribution in [2.75, 3.05) is 5.73 Å². The molecule has 0 bridgehead atoms. The van der Waals surface area contributed by atoms with Gasteiger partial charge in [-0.05, 0) is 51.4 Å². The molecule has 2 N–H and O–H groups in total. The summed E-state index contributed by atoms with van der Waals surface area (Å²) in [5.74, 6) is 0. The van der Waals surface area contributed by atoms with Gasteiger partial charge < -0.3 is 5.73 Å². The maximum atomic E-state index is 6.54. The van der Waals surface area contributed by atoms with Crippen LogP contribution in [0.1, 0.15) is 38.2 Å². The van der Waals surface area contributed by atoms with Crippen molar-refractivity contribution in [1.82, 2.24) is 0 Å². The number of unbranched alkanes of at least 4 members (excludes halogenated alkanes) is 3. The zero-order chi connectivity index (χ0) is 15.8. The molecule has 0 aliphatic carbocycles. The molecule has 0 fully saturated rings. The lowest BCUT2D eigenvalue weighted by atomic mass is 9.90. The van der Waals surface area contributed by atoms with Gasteiger partial charge in [0.05, 0.1) is 0 Å². The topological polar surface area (TPSA) is 26.0 Å². The van der Waals surface area contributed by atoms with Crippen molar-refractivity contribution in [2.24, 2.45) is 0 Å². The van der Waals surface area contributed by atoms with Crippen LogP contribution in [-0.4, -0.2) is 0 Å². The number of rotatable bonds is 5. The van der Waals surface area contributed by atoms with E-state index < -0.39 is 0 Å². The van der Waals surface area contributed by atoms with E-state index in [0.717, 1.165) is 12.1 Å². The van der Waals surface area contributed by atoms with E-state index in [0.29, 0.717) is 0 Å². The molecule has 0 spiro atoms. The standard InChI is InChI=1S/C22H23N/c1-2-3-4-5-7-18-14-17-11-10-15-8-6-9-16-12-13-19(22(18)23)21(17)20(15)16/h6,8-14H,2-5,7,23H2,1H3. The minimum absolute atomic E-state index is 0.979. The van der Waals surface area contributed by atoms with Crippen LogP contribution < -0.4 is 5.73 Å².